The standard InChI is InChI=1S/C29H22N2O/c32-27-18-16-25(17-19-27)30-21-24-20-28(22-10-4-1-5-11-22)31(26-14-8-3-9-15-26)29(24)23-12-6-2-7-13-23/h1-21,32H. The Morgan fingerprint density at radius 1 is 0.625 bits per heavy atom. The summed E-state index contributed by atoms with van der Waals surface area (Å²) < 4.78 is 2.29. The highest BCUT2D eigenvalue weighted by Crippen LogP contribution is 2.35. The van der Waals surface area contributed by atoms with Gasteiger partial charge in [0.05, 0.1) is 17.1 Å². The van der Waals surface area contributed by atoms with E-state index in [1.807, 2.05) is 24.4 Å². The molecule has 0 fully saturated rings. The van der Waals surface area contributed by atoms with Crippen molar-refractivity contribution in [2.45, 2.75) is 0 Å². The summed E-state index contributed by atoms with van der Waals surface area (Å²) in [6.45, 7) is 0. The average molecular weight is 415 g/mol. The summed E-state index contributed by atoms with van der Waals surface area (Å²) in [6.07, 6.45) is 1.90. The number of aromatic nitrogens is 1. The van der Waals surface area contributed by atoms with Crippen molar-refractivity contribution in [1.29, 1.82) is 0 Å². The van der Waals surface area contributed by atoms with Crippen LogP contribution in [0.15, 0.2) is 126 Å². The van der Waals surface area contributed by atoms with Gasteiger partial charge in [-0.3, -0.25) is 4.99 Å². The number of aromatic hydroxyl groups is 1. The van der Waals surface area contributed by atoms with Gasteiger partial charge in [0.25, 0.3) is 0 Å². The first-order valence-electron chi connectivity index (χ1n) is 10.5. The number of rotatable bonds is 5. The Morgan fingerprint density at radius 2 is 1.19 bits per heavy atom. The maximum atomic E-state index is 9.57. The molecular formula is C29H22N2O. The molecule has 1 heterocycles. The monoisotopic (exact) mass is 414 g/mol. The first kappa shape index (κ1) is 19.6. The molecule has 0 aliphatic heterocycles. The second kappa shape index (κ2) is 8.78. The van der Waals surface area contributed by atoms with Crippen LogP contribution < -0.4 is 0 Å². The van der Waals surface area contributed by atoms with Crippen LogP contribution in [-0.2, 0) is 0 Å². The Kier molecular flexibility index (Phi) is 5.38. The fourth-order valence-electron chi connectivity index (χ4n) is 3.87. The van der Waals surface area contributed by atoms with Gasteiger partial charge in [0.2, 0.25) is 0 Å². The molecule has 32 heavy (non-hydrogen) atoms. The molecule has 0 aliphatic rings. The SMILES string of the molecule is Oc1ccc(N=Cc2cc(-c3ccccc3)n(-c3ccccc3)c2-c2ccccc2)cc1. The normalized spacial score (nSPS) is 11.1. The zero-order chi connectivity index (χ0) is 21.8. The summed E-state index contributed by atoms with van der Waals surface area (Å²) in [7, 11) is 0. The van der Waals surface area contributed by atoms with Gasteiger partial charge in [-0.15, -0.1) is 0 Å². The molecule has 0 radical (unpaired) electrons. The van der Waals surface area contributed by atoms with Crippen LogP contribution >= 0.6 is 0 Å². The first-order chi connectivity index (χ1) is 15.8. The molecule has 0 saturated heterocycles. The molecular weight excluding hydrogens is 392 g/mol. The van der Waals surface area contributed by atoms with Crippen molar-refractivity contribution in [3.63, 3.8) is 0 Å². The molecule has 0 amide bonds. The summed E-state index contributed by atoms with van der Waals surface area (Å²) in [6, 6.07) is 40.3. The van der Waals surface area contributed by atoms with Crippen molar-refractivity contribution in [2.75, 3.05) is 0 Å². The quantitative estimate of drug-likeness (QED) is 0.302. The van der Waals surface area contributed by atoms with Crippen LogP contribution in [0.4, 0.5) is 5.69 Å². The van der Waals surface area contributed by atoms with Gasteiger partial charge in [-0.25, -0.2) is 0 Å². The Hall–Kier alpha value is -4.37. The molecule has 154 valence electrons. The lowest BCUT2D eigenvalue weighted by Gasteiger charge is -2.15. The zero-order valence-corrected chi connectivity index (χ0v) is 17.5. The van der Waals surface area contributed by atoms with E-state index in [0.717, 1.165) is 39.5 Å². The Morgan fingerprint density at radius 3 is 1.81 bits per heavy atom. The lowest BCUT2D eigenvalue weighted by Crippen LogP contribution is -2.00. The van der Waals surface area contributed by atoms with Crippen LogP contribution in [-0.4, -0.2) is 15.9 Å². The summed E-state index contributed by atoms with van der Waals surface area (Å²) in [5.41, 5.74) is 7.33. The van der Waals surface area contributed by atoms with Crippen molar-refractivity contribution in [1.82, 2.24) is 4.57 Å². The van der Waals surface area contributed by atoms with Crippen molar-refractivity contribution in [2.24, 2.45) is 4.99 Å². The minimum Gasteiger partial charge on any atom is -0.508 e. The van der Waals surface area contributed by atoms with E-state index in [9.17, 15) is 5.11 Å². The van der Waals surface area contributed by atoms with E-state index in [2.05, 4.69) is 83.4 Å². The summed E-state index contributed by atoms with van der Waals surface area (Å²) in [4.78, 5) is 4.70. The molecule has 3 heteroatoms. The number of hydrogen-bond donors (Lipinski definition) is 1. The Bertz CT molecular complexity index is 1340. The maximum Gasteiger partial charge on any atom is 0.115 e. The van der Waals surface area contributed by atoms with Gasteiger partial charge in [-0.1, -0.05) is 78.9 Å². The molecule has 5 aromatic rings. The van der Waals surface area contributed by atoms with Crippen molar-refractivity contribution >= 4 is 11.9 Å². The summed E-state index contributed by atoms with van der Waals surface area (Å²) in [5.74, 6) is 0.232. The van der Waals surface area contributed by atoms with Gasteiger partial charge in [-0.05, 0) is 53.6 Å². The van der Waals surface area contributed by atoms with Crippen LogP contribution in [0.1, 0.15) is 5.56 Å². The van der Waals surface area contributed by atoms with Crippen LogP contribution in [0.25, 0.3) is 28.2 Å². The third-order valence-electron chi connectivity index (χ3n) is 5.36. The van der Waals surface area contributed by atoms with E-state index in [0.29, 0.717) is 0 Å². The van der Waals surface area contributed by atoms with Crippen LogP contribution in [0.5, 0.6) is 5.75 Å². The van der Waals surface area contributed by atoms with Crippen LogP contribution in [0.3, 0.4) is 0 Å². The van der Waals surface area contributed by atoms with Crippen LogP contribution in [0, 0.1) is 0 Å². The number of nitrogens with zero attached hydrogens (tertiary/aromatic N) is 2. The number of phenolic OH excluding ortho intramolecular Hbond substituents is 1. The predicted molar refractivity (Wildman–Crippen MR) is 132 cm³/mol. The molecule has 1 N–H and O–H groups in total. The molecule has 0 aliphatic carbocycles. The van der Waals surface area contributed by atoms with Gasteiger partial charge >= 0.3 is 0 Å². The molecule has 0 atom stereocenters. The maximum absolute atomic E-state index is 9.57. The second-order valence-electron chi connectivity index (χ2n) is 7.51. The van der Waals surface area contributed by atoms with Gasteiger partial charge in [-0.2, -0.15) is 0 Å². The van der Waals surface area contributed by atoms with E-state index in [1.165, 1.54) is 0 Å². The molecule has 0 unspecified atom stereocenters. The van der Waals surface area contributed by atoms with Crippen LogP contribution in [0.2, 0.25) is 0 Å². The minimum atomic E-state index is 0.232. The lowest BCUT2D eigenvalue weighted by molar-refractivity contribution is 0.475. The topological polar surface area (TPSA) is 37.5 Å². The van der Waals surface area contributed by atoms with Gasteiger partial charge in [0.1, 0.15) is 5.75 Å². The molecule has 3 nitrogen and oxygen atoms in total. The van der Waals surface area contributed by atoms with E-state index < -0.39 is 0 Å². The van der Waals surface area contributed by atoms with E-state index in [4.69, 9.17) is 4.99 Å². The second-order valence-corrected chi connectivity index (χ2v) is 7.51. The number of para-hydroxylation sites is 1. The van der Waals surface area contributed by atoms with Gasteiger partial charge in [0.15, 0.2) is 0 Å². The molecule has 1 aromatic heterocycles. The van der Waals surface area contributed by atoms with Crippen molar-refractivity contribution in [3.8, 4) is 34.0 Å². The third kappa shape index (κ3) is 3.96. The number of aliphatic imine (C=N–C) groups is 1. The van der Waals surface area contributed by atoms with E-state index in [1.54, 1.807) is 24.3 Å². The number of phenols is 1. The van der Waals surface area contributed by atoms with Crippen molar-refractivity contribution in [3.05, 3.63) is 127 Å². The highest BCUT2D eigenvalue weighted by molar-refractivity contribution is 5.94. The highest BCUT2D eigenvalue weighted by atomic mass is 16.3. The number of hydrogen-bond acceptors (Lipinski definition) is 2. The van der Waals surface area contributed by atoms with Gasteiger partial charge < -0.3 is 9.67 Å². The Balaban J connectivity index is 1.76. The third-order valence-corrected chi connectivity index (χ3v) is 5.36. The molecule has 0 saturated carbocycles. The summed E-state index contributed by atoms with van der Waals surface area (Å²) in [5, 5.41) is 9.57. The fraction of sp³-hybridized carbons (Fsp3) is 0. The Labute approximate surface area is 187 Å². The zero-order valence-electron chi connectivity index (χ0n) is 17.5. The average Bonchev–Trinajstić information content (AvgIpc) is 3.25. The number of benzene rings is 4. The molecule has 0 bridgehead atoms. The fourth-order valence-corrected chi connectivity index (χ4v) is 3.87. The summed E-state index contributed by atoms with van der Waals surface area (Å²) >= 11 is 0. The first-order valence-corrected chi connectivity index (χ1v) is 10.5. The molecule has 4 aromatic carbocycles. The molecule has 5 rings (SSSR count). The van der Waals surface area contributed by atoms with Crippen molar-refractivity contribution < 1.29 is 5.11 Å². The van der Waals surface area contributed by atoms with E-state index in [-0.39, 0.29) is 5.75 Å². The minimum absolute atomic E-state index is 0.232. The molecule has 0 spiro atoms. The lowest BCUT2D eigenvalue weighted by atomic mass is 10.1. The smallest absolute Gasteiger partial charge is 0.115 e. The van der Waals surface area contributed by atoms with Gasteiger partial charge in [0, 0.05) is 17.5 Å². The highest BCUT2D eigenvalue weighted by Gasteiger charge is 2.18. The largest absolute Gasteiger partial charge is 0.508 e. The van der Waals surface area contributed by atoms with E-state index >= 15 is 0 Å². The predicted octanol–water partition coefficient (Wildman–Crippen LogP) is 7.27.